The zero-order valence-electron chi connectivity index (χ0n) is 15.4. The second-order valence-electron chi connectivity index (χ2n) is 4.39. The van der Waals surface area contributed by atoms with E-state index in [1.807, 2.05) is 20.8 Å². The maximum Gasteiger partial charge on any atom is 0.338 e. The Morgan fingerprint density at radius 1 is 1.41 bits per heavy atom. The van der Waals surface area contributed by atoms with Crippen molar-refractivity contribution in [3.8, 4) is 0 Å². The van der Waals surface area contributed by atoms with Crippen LogP contribution in [-0.2, 0) is 4.74 Å². The summed E-state index contributed by atoms with van der Waals surface area (Å²) in [6.07, 6.45) is 0.931. The molecule has 0 atom stereocenters. The summed E-state index contributed by atoms with van der Waals surface area (Å²) in [6.45, 7) is 6.53. The molecular weight excluding hydrogens is 214 g/mol. The molecule has 0 aliphatic heterocycles. The van der Waals surface area contributed by atoms with Gasteiger partial charge in [-0.1, -0.05) is 25.1 Å². The molecule has 1 N–H and O–H groups in total. The summed E-state index contributed by atoms with van der Waals surface area (Å²) in [5.41, 5.74) is -0.892. The fraction of sp³-hybridized carbons (Fsp3) is 0.500. The number of rotatable bonds is 6. The lowest BCUT2D eigenvalue weighted by Gasteiger charge is -2.25. The summed E-state index contributed by atoms with van der Waals surface area (Å²) in [5.74, 6) is -0.914. The van der Waals surface area contributed by atoms with E-state index in [-0.39, 0.29) is 6.61 Å². The van der Waals surface area contributed by atoms with Gasteiger partial charge in [-0.15, -0.1) is 0 Å². The maximum atomic E-state index is 12.1. The average Bonchev–Trinajstić information content (AvgIpc) is 2.47. The van der Waals surface area contributed by atoms with Gasteiger partial charge in [0.1, 0.15) is 6.61 Å². The second kappa shape index (κ2) is 6.40. The molecule has 3 heteroatoms. The SMILES string of the molecule is [2H]c1c([2H])c([2H])c(C(=O)OCC(C)(C)NCCC)c([2H])c1[2H]. The predicted molar refractivity (Wildman–Crippen MR) is 69.1 cm³/mol. The van der Waals surface area contributed by atoms with Crippen molar-refractivity contribution in [3.63, 3.8) is 0 Å². The molecule has 17 heavy (non-hydrogen) atoms. The molecule has 0 unspecified atom stereocenters. The van der Waals surface area contributed by atoms with E-state index in [0.717, 1.165) is 13.0 Å². The van der Waals surface area contributed by atoms with Crippen molar-refractivity contribution in [2.24, 2.45) is 0 Å². The van der Waals surface area contributed by atoms with Gasteiger partial charge in [0.15, 0.2) is 0 Å². The molecule has 1 aromatic carbocycles. The van der Waals surface area contributed by atoms with Crippen LogP contribution >= 0.6 is 0 Å². The molecule has 1 aromatic rings. The first-order valence-corrected chi connectivity index (χ1v) is 5.61. The Kier molecular flexibility index (Phi) is 2.97. The van der Waals surface area contributed by atoms with E-state index in [4.69, 9.17) is 11.6 Å². The highest BCUT2D eigenvalue weighted by Gasteiger charge is 2.19. The topological polar surface area (TPSA) is 38.3 Å². The highest BCUT2D eigenvalue weighted by atomic mass is 16.5. The van der Waals surface area contributed by atoms with Crippen LogP contribution in [0.3, 0.4) is 0 Å². The fourth-order valence-electron chi connectivity index (χ4n) is 1.18. The van der Waals surface area contributed by atoms with Gasteiger partial charge in [0, 0.05) is 5.54 Å². The van der Waals surface area contributed by atoms with Gasteiger partial charge in [0.05, 0.1) is 12.4 Å². The third-order valence-electron chi connectivity index (χ3n) is 2.12. The largest absolute Gasteiger partial charge is 0.460 e. The molecule has 0 fully saturated rings. The molecule has 0 saturated carbocycles. The normalized spacial score (nSPS) is 15.4. The molecule has 0 radical (unpaired) electrons. The summed E-state index contributed by atoms with van der Waals surface area (Å²) in [4.78, 5) is 12.1. The van der Waals surface area contributed by atoms with E-state index >= 15 is 0 Å². The van der Waals surface area contributed by atoms with Crippen molar-refractivity contribution in [3.05, 3.63) is 35.8 Å². The molecule has 0 amide bonds. The lowest BCUT2D eigenvalue weighted by Crippen LogP contribution is -2.44. The number of carbonyl (C=O) groups is 1. The van der Waals surface area contributed by atoms with Gasteiger partial charge in [-0.2, -0.15) is 0 Å². The fourth-order valence-corrected chi connectivity index (χ4v) is 1.18. The first kappa shape index (κ1) is 7.88. The summed E-state index contributed by atoms with van der Waals surface area (Å²) < 4.78 is 43.2. The molecule has 1 rings (SSSR count). The van der Waals surface area contributed by atoms with E-state index in [1.54, 1.807) is 0 Å². The smallest absolute Gasteiger partial charge is 0.338 e. The molecule has 0 bridgehead atoms. The average molecular weight is 240 g/mol. The van der Waals surface area contributed by atoms with Crippen LogP contribution in [0.1, 0.15) is 44.4 Å². The van der Waals surface area contributed by atoms with Crippen molar-refractivity contribution in [1.29, 1.82) is 0 Å². The number of hydrogen-bond donors (Lipinski definition) is 1. The van der Waals surface area contributed by atoms with Gasteiger partial charge in [0.2, 0.25) is 0 Å². The van der Waals surface area contributed by atoms with Crippen molar-refractivity contribution < 1.29 is 16.4 Å². The van der Waals surface area contributed by atoms with Gasteiger partial charge in [-0.25, -0.2) is 4.79 Å². The highest BCUT2D eigenvalue weighted by Crippen LogP contribution is 2.06. The van der Waals surface area contributed by atoms with Gasteiger partial charge in [-0.05, 0) is 38.9 Å². The number of carbonyl (C=O) groups excluding carboxylic acids is 1. The van der Waals surface area contributed by atoms with Gasteiger partial charge >= 0.3 is 5.97 Å². The van der Waals surface area contributed by atoms with Gasteiger partial charge in [0.25, 0.3) is 0 Å². The van der Waals surface area contributed by atoms with Crippen LogP contribution < -0.4 is 5.32 Å². The van der Waals surface area contributed by atoms with Gasteiger partial charge < -0.3 is 10.1 Å². The maximum absolute atomic E-state index is 12.1. The quantitative estimate of drug-likeness (QED) is 0.777. The lowest BCUT2D eigenvalue weighted by atomic mass is 10.1. The molecule has 0 heterocycles. The van der Waals surface area contributed by atoms with Gasteiger partial charge in [-0.3, -0.25) is 0 Å². The minimum Gasteiger partial charge on any atom is -0.460 e. The predicted octanol–water partition coefficient (Wildman–Crippen LogP) is 2.62. The minimum absolute atomic E-state index is 0.0357. The van der Waals surface area contributed by atoms with Crippen LogP contribution in [0.25, 0.3) is 0 Å². The monoisotopic (exact) mass is 240 g/mol. The number of esters is 1. The molecule has 0 aliphatic rings. The van der Waals surface area contributed by atoms with Crippen LogP contribution in [0.4, 0.5) is 0 Å². The Morgan fingerprint density at radius 2 is 2.06 bits per heavy atom. The second-order valence-corrected chi connectivity index (χ2v) is 4.39. The summed E-state index contributed by atoms with van der Waals surface area (Å²) in [7, 11) is 0. The highest BCUT2D eigenvalue weighted by molar-refractivity contribution is 5.89. The lowest BCUT2D eigenvalue weighted by molar-refractivity contribution is 0.0401. The number of benzene rings is 1. The minimum atomic E-state index is -0.914. The first-order valence-electron chi connectivity index (χ1n) is 8.11. The number of nitrogens with one attached hydrogen (secondary N) is 1. The van der Waals surface area contributed by atoms with E-state index in [1.165, 1.54) is 0 Å². The number of ether oxygens (including phenoxy) is 1. The van der Waals surface area contributed by atoms with E-state index in [9.17, 15) is 4.79 Å². The Labute approximate surface area is 110 Å². The Morgan fingerprint density at radius 3 is 2.65 bits per heavy atom. The van der Waals surface area contributed by atoms with Crippen LogP contribution in [0.5, 0.6) is 0 Å². The molecule has 3 nitrogen and oxygen atoms in total. The van der Waals surface area contributed by atoms with Crippen molar-refractivity contribution in [2.45, 2.75) is 32.7 Å². The molecular formula is C14H21NO2. The molecule has 94 valence electrons. The molecule has 0 aliphatic carbocycles. The van der Waals surface area contributed by atoms with E-state index < -0.39 is 47.3 Å². The third-order valence-corrected chi connectivity index (χ3v) is 2.12. The summed E-state index contributed by atoms with van der Waals surface area (Å²) >= 11 is 0. The summed E-state index contributed by atoms with van der Waals surface area (Å²) in [6, 6.07) is -2.71. The zero-order chi connectivity index (χ0) is 17.1. The molecule has 0 saturated heterocycles. The zero-order valence-corrected chi connectivity index (χ0v) is 10.4. The van der Waals surface area contributed by atoms with E-state index in [2.05, 4.69) is 5.32 Å². The third kappa shape index (κ3) is 5.00. The van der Waals surface area contributed by atoms with E-state index in [0.29, 0.717) is 0 Å². The molecule has 0 aromatic heterocycles. The molecule has 0 spiro atoms. The number of hydrogen-bond acceptors (Lipinski definition) is 3. The Balaban J connectivity index is 2.96. The van der Waals surface area contributed by atoms with Crippen molar-refractivity contribution >= 4 is 5.97 Å². The Hall–Kier alpha value is -1.35. The van der Waals surface area contributed by atoms with Crippen molar-refractivity contribution in [2.75, 3.05) is 13.2 Å². The first-order chi connectivity index (χ1) is 10.1. The summed E-state index contributed by atoms with van der Waals surface area (Å²) in [5, 5.41) is 3.20. The standard InChI is InChI=1S/C14H21NO2/c1-4-10-15-14(2,3)11-17-13(16)12-8-6-5-7-9-12/h5-9,15H,4,10-11H2,1-3H3/i5D,6D,7D,8D,9D. The van der Waals surface area contributed by atoms with Crippen LogP contribution in [0, 0.1) is 0 Å². The van der Waals surface area contributed by atoms with Crippen LogP contribution in [0.2, 0.25) is 0 Å². The Bertz CT molecular complexity index is 546. The van der Waals surface area contributed by atoms with Crippen molar-refractivity contribution in [1.82, 2.24) is 5.32 Å². The van der Waals surface area contributed by atoms with Crippen LogP contribution in [-0.4, -0.2) is 24.7 Å². The van der Waals surface area contributed by atoms with Crippen LogP contribution in [0.15, 0.2) is 30.2 Å².